The van der Waals surface area contributed by atoms with E-state index >= 15 is 0 Å². The first-order valence-corrected chi connectivity index (χ1v) is 7.38. The number of aromatic amines is 1. The maximum absolute atomic E-state index is 11.8. The summed E-state index contributed by atoms with van der Waals surface area (Å²) in [4.78, 5) is 19.0. The summed E-state index contributed by atoms with van der Waals surface area (Å²) in [6.45, 7) is 1.69. The van der Waals surface area contributed by atoms with Gasteiger partial charge in [-0.15, -0.1) is 11.3 Å². The third kappa shape index (κ3) is 2.70. The number of hydrogen-bond acceptors (Lipinski definition) is 5. The van der Waals surface area contributed by atoms with Crippen molar-refractivity contribution in [3.05, 3.63) is 27.6 Å². The van der Waals surface area contributed by atoms with E-state index in [9.17, 15) is 4.79 Å². The Morgan fingerprint density at radius 1 is 1.53 bits per heavy atom. The molecule has 0 spiro atoms. The lowest BCUT2D eigenvalue weighted by molar-refractivity contribution is 0.245. The zero-order valence-corrected chi connectivity index (χ0v) is 11.4. The van der Waals surface area contributed by atoms with Crippen molar-refractivity contribution in [1.29, 1.82) is 0 Å². The van der Waals surface area contributed by atoms with Crippen molar-refractivity contribution in [1.82, 2.24) is 15.3 Å². The van der Waals surface area contributed by atoms with Gasteiger partial charge in [0.05, 0.1) is 12.1 Å². The second kappa shape index (κ2) is 5.03. The van der Waals surface area contributed by atoms with Crippen molar-refractivity contribution >= 4 is 21.6 Å². The van der Waals surface area contributed by atoms with Crippen LogP contribution in [-0.2, 0) is 6.54 Å². The zero-order valence-electron chi connectivity index (χ0n) is 10.6. The van der Waals surface area contributed by atoms with E-state index in [2.05, 4.69) is 15.3 Å². The molecule has 0 saturated heterocycles. The summed E-state index contributed by atoms with van der Waals surface area (Å²) in [5.74, 6) is 0.677. The topological polar surface area (TPSA) is 78.0 Å². The molecule has 0 aliphatic heterocycles. The molecule has 0 aromatic carbocycles. The van der Waals surface area contributed by atoms with Crippen molar-refractivity contribution < 1.29 is 5.11 Å². The van der Waals surface area contributed by atoms with Gasteiger partial charge in [-0.05, 0) is 36.1 Å². The number of nitrogens with one attached hydrogen (secondary N) is 2. The Balaban J connectivity index is 1.64. The molecule has 0 amide bonds. The van der Waals surface area contributed by atoms with Gasteiger partial charge in [0, 0.05) is 13.2 Å². The van der Waals surface area contributed by atoms with E-state index < -0.39 is 0 Å². The zero-order chi connectivity index (χ0) is 13.3. The summed E-state index contributed by atoms with van der Waals surface area (Å²) >= 11 is 1.41. The normalized spacial score (nSPS) is 16.9. The van der Waals surface area contributed by atoms with Crippen LogP contribution in [0.2, 0.25) is 0 Å². The Morgan fingerprint density at radius 3 is 3.11 bits per heavy atom. The highest BCUT2D eigenvalue weighted by Crippen LogP contribution is 2.47. The van der Waals surface area contributed by atoms with Crippen LogP contribution in [0.4, 0.5) is 0 Å². The van der Waals surface area contributed by atoms with Crippen LogP contribution in [0, 0.1) is 5.41 Å². The minimum atomic E-state index is -0.0618. The van der Waals surface area contributed by atoms with Crippen molar-refractivity contribution in [2.75, 3.05) is 13.2 Å². The number of nitrogens with zero attached hydrogens (tertiary/aromatic N) is 1. The number of aromatic nitrogens is 2. The van der Waals surface area contributed by atoms with Gasteiger partial charge in [0.2, 0.25) is 0 Å². The summed E-state index contributed by atoms with van der Waals surface area (Å²) in [6.07, 6.45) is 3.20. The summed E-state index contributed by atoms with van der Waals surface area (Å²) in [6, 6.07) is 1.87. The summed E-state index contributed by atoms with van der Waals surface area (Å²) in [7, 11) is 0. The van der Waals surface area contributed by atoms with E-state index in [0.29, 0.717) is 17.1 Å². The van der Waals surface area contributed by atoms with Gasteiger partial charge < -0.3 is 15.4 Å². The lowest BCUT2D eigenvalue weighted by atomic mass is 10.0. The second-order valence-electron chi connectivity index (χ2n) is 5.22. The Kier molecular flexibility index (Phi) is 3.38. The van der Waals surface area contributed by atoms with Gasteiger partial charge in [0.1, 0.15) is 10.5 Å². The molecule has 1 saturated carbocycles. The minimum absolute atomic E-state index is 0.0618. The third-order valence-electron chi connectivity index (χ3n) is 3.76. The van der Waals surface area contributed by atoms with E-state index in [4.69, 9.17) is 5.11 Å². The standard InChI is InChI=1S/C13H17N3O2S/c17-5-4-13(2-3-13)8-14-7-10-15-9-1-6-19-11(9)12(18)16-10/h1,6,14,17H,2-5,7-8H2,(H,15,16,18). The molecule has 0 atom stereocenters. The molecule has 3 rings (SSSR count). The Morgan fingerprint density at radius 2 is 2.37 bits per heavy atom. The number of thiophene rings is 1. The molecule has 2 heterocycles. The van der Waals surface area contributed by atoms with Gasteiger partial charge in [-0.25, -0.2) is 4.98 Å². The molecule has 6 heteroatoms. The molecule has 102 valence electrons. The van der Waals surface area contributed by atoms with Gasteiger partial charge in [0.25, 0.3) is 5.56 Å². The van der Waals surface area contributed by atoms with Crippen LogP contribution in [0.3, 0.4) is 0 Å². The van der Waals surface area contributed by atoms with Gasteiger partial charge in [-0.1, -0.05) is 0 Å². The number of aliphatic hydroxyl groups excluding tert-OH is 1. The van der Waals surface area contributed by atoms with Crippen LogP contribution >= 0.6 is 11.3 Å². The fourth-order valence-electron chi connectivity index (χ4n) is 2.38. The van der Waals surface area contributed by atoms with Crippen LogP contribution in [0.25, 0.3) is 10.2 Å². The average molecular weight is 279 g/mol. The molecule has 0 bridgehead atoms. The summed E-state index contributed by atoms with van der Waals surface area (Å²) in [5, 5.41) is 14.2. The lowest BCUT2D eigenvalue weighted by Crippen LogP contribution is -2.26. The van der Waals surface area contributed by atoms with Crippen LogP contribution in [0.1, 0.15) is 25.1 Å². The van der Waals surface area contributed by atoms with Crippen LogP contribution in [0.5, 0.6) is 0 Å². The van der Waals surface area contributed by atoms with Gasteiger partial charge in [-0.2, -0.15) is 0 Å². The van der Waals surface area contributed by atoms with Crippen molar-refractivity contribution in [3.63, 3.8) is 0 Å². The molecule has 3 N–H and O–H groups in total. The predicted octanol–water partition coefficient (Wildman–Crippen LogP) is 1.24. The predicted molar refractivity (Wildman–Crippen MR) is 75.3 cm³/mol. The molecule has 1 aliphatic carbocycles. The summed E-state index contributed by atoms with van der Waals surface area (Å²) < 4.78 is 0.683. The molecule has 0 radical (unpaired) electrons. The second-order valence-corrected chi connectivity index (χ2v) is 6.14. The first-order valence-electron chi connectivity index (χ1n) is 6.50. The van der Waals surface area contributed by atoms with Crippen molar-refractivity contribution in [2.45, 2.75) is 25.8 Å². The van der Waals surface area contributed by atoms with E-state index in [-0.39, 0.29) is 17.6 Å². The maximum atomic E-state index is 11.8. The molecule has 2 aromatic heterocycles. The fourth-order valence-corrected chi connectivity index (χ4v) is 3.11. The van der Waals surface area contributed by atoms with Crippen LogP contribution in [0.15, 0.2) is 16.2 Å². The van der Waals surface area contributed by atoms with Crippen LogP contribution < -0.4 is 10.9 Å². The Hall–Kier alpha value is -1.24. The number of rotatable bonds is 6. The molecule has 19 heavy (non-hydrogen) atoms. The quantitative estimate of drug-likeness (QED) is 0.743. The summed E-state index contributed by atoms with van der Waals surface area (Å²) in [5.41, 5.74) is 0.983. The highest BCUT2D eigenvalue weighted by Gasteiger charge is 2.41. The fraction of sp³-hybridized carbons (Fsp3) is 0.538. The maximum Gasteiger partial charge on any atom is 0.268 e. The number of H-pyrrole nitrogens is 1. The first kappa shape index (κ1) is 12.8. The Labute approximate surface area is 114 Å². The van der Waals surface area contributed by atoms with Gasteiger partial charge in [-0.3, -0.25) is 4.79 Å². The van der Waals surface area contributed by atoms with E-state index in [1.165, 1.54) is 24.2 Å². The molecule has 1 fully saturated rings. The average Bonchev–Trinajstić information content (AvgIpc) is 2.97. The SMILES string of the molecule is O=c1[nH]c(CNCC2(CCO)CC2)nc2ccsc12. The van der Waals surface area contributed by atoms with Crippen LogP contribution in [-0.4, -0.2) is 28.2 Å². The highest BCUT2D eigenvalue weighted by molar-refractivity contribution is 7.17. The van der Waals surface area contributed by atoms with E-state index in [1.807, 2.05) is 11.4 Å². The number of fused-ring (bicyclic) bond motifs is 1. The lowest BCUT2D eigenvalue weighted by Gasteiger charge is -2.14. The molecular formula is C13H17N3O2S. The molecule has 2 aromatic rings. The largest absolute Gasteiger partial charge is 0.396 e. The number of hydrogen-bond donors (Lipinski definition) is 3. The van der Waals surface area contributed by atoms with E-state index in [0.717, 1.165) is 18.5 Å². The third-order valence-corrected chi connectivity index (χ3v) is 4.66. The number of aliphatic hydroxyl groups is 1. The Bertz CT molecular complexity index is 630. The van der Waals surface area contributed by atoms with E-state index in [1.54, 1.807) is 0 Å². The molecule has 5 nitrogen and oxygen atoms in total. The van der Waals surface area contributed by atoms with Crippen molar-refractivity contribution in [3.8, 4) is 0 Å². The highest BCUT2D eigenvalue weighted by atomic mass is 32.1. The van der Waals surface area contributed by atoms with Gasteiger partial charge in [0.15, 0.2) is 0 Å². The smallest absolute Gasteiger partial charge is 0.268 e. The molecule has 1 aliphatic rings. The monoisotopic (exact) mass is 279 g/mol. The van der Waals surface area contributed by atoms with Crippen molar-refractivity contribution in [2.24, 2.45) is 5.41 Å². The minimum Gasteiger partial charge on any atom is -0.396 e. The molecular weight excluding hydrogens is 262 g/mol. The first-order chi connectivity index (χ1) is 9.22. The van der Waals surface area contributed by atoms with Gasteiger partial charge >= 0.3 is 0 Å². The molecule has 0 unspecified atom stereocenters.